The minimum absolute atomic E-state index is 0.102. The van der Waals surface area contributed by atoms with Crippen molar-refractivity contribution in [1.82, 2.24) is 4.72 Å². The molecule has 0 fully saturated rings. The highest BCUT2D eigenvalue weighted by Gasteiger charge is 2.16. The summed E-state index contributed by atoms with van der Waals surface area (Å²) in [5.74, 6) is 0. The molecule has 1 aromatic rings. The first-order valence-corrected chi connectivity index (χ1v) is 7.39. The Hall–Kier alpha value is -1.11. The van der Waals surface area contributed by atoms with Crippen LogP contribution in [-0.2, 0) is 10.0 Å². The molecular formula is C12H20N2O3S. The number of para-hydroxylation sites is 1. The van der Waals surface area contributed by atoms with Gasteiger partial charge in [-0.3, -0.25) is 0 Å². The molecular weight excluding hydrogens is 252 g/mol. The van der Waals surface area contributed by atoms with Crippen LogP contribution in [-0.4, -0.2) is 33.2 Å². The molecule has 1 rings (SSSR count). The largest absolute Gasteiger partial charge is 0.396 e. The first-order chi connectivity index (χ1) is 8.51. The lowest BCUT2D eigenvalue weighted by Gasteiger charge is -2.17. The van der Waals surface area contributed by atoms with Crippen LogP contribution >= 0.6 is 0 Å². The van der Waals surface area contributed by atoms with Gasteiger partial charge in [0.25, 0.3) is 0 Å². The monoisotopic (exact) mass is 272 g/mol. The van der Waals surface area contributed by atoms with Gasteiger partial charge >= 0.3 is 0 Å². The number of sulfonamides is 1. The van der Waals surface area contributed by atoms with Gasteiger partial charge in [-0.15, -0.1) is 0 Å². The van der Waals surface area contributed by atoms with Gasteiger partial charge in [-0.25, -0.2) is 13.1 Å². The van der Waals surface area contributed by atoms with Crippen LogP contribution in [0.1, 0.15) is 19.8 Å². The molecule has 1 atom stereocenters. The van der Waals surface area contributed by atoms with Gasteiger partial charge in [-0.1, -0.05) is 12.1 Å². The minimum atomic E-state index is -3.46. The van der Waals surface area contributed by atoms with Crippen LogP contribution < -0.4 is 10.0 Å². The van der Waals surface area contributed by atoms with Gasteiger partial charge in [0.1, 0.15) is 4.90 Å². The molecule has 0 aliphatic carbocycles. The normalized spacial score (nSPS) is 13.3. The van der Waals surface area contributed by atoms with E-state index < -0.39 is 10.0 Å². The van der Waals surface area contributed by atoms with Crippen molar-refractivity contribution >= 4 is 15.7 Å². The number of aliphatic hydroxyl groups excluding tert-OH is 1. The van der Waals surface area contributed by atoms with E-state index in [1.54, 1.807) is 24.3 Å². The van der Waals surface area contributed by atoms with Crippen molar-refractivity contribution in [3.63, 3.8) is 0 Å². The van der Waals surface area contributed by atoms with Gasteiger partial charge in [0.05, 0.1) is 5.69 Å². The van der Waals surface area contributed by atoms with Crippen LogP contribution in [0.3, 0.4) is 0 Å². The number of hydrogen-bond donors (Lipinski definition) is 3. The van der Waals surface area contributed by atoms with Gasteiger partial charge in [0.2, 0.25) is 10.0 Å². The van der Waals surface area contributed by atoms with Crippen LogP contribution in [0.15, 0.2) is 29.2 Å². The van der Waals surface area contributed by atoms with E-state index in [4.69, 9.17) is 5.11 Å². The maximum atomic E-state index is 11.8. The summed E-state index contributed by atoms with van der Waals surface area (Å²) in [6.07, 6.45) is 1.47. The zero-order valence-corrected chi connectivity index (χ0v) is 11.5. The maximum Gasteiger partial charge on any atom is 0.242 e. The molecule has 18 heavy (non-hydrogen) atoms. The summed E-state index contributed by atoms with van der Waals surface area (Å²) in [6, 6.07) is 6.88. The first kappa shape index (κ1) is 14.9. The quantitative estimate of drug-likeness (QED) is 0.696. The fraction of sp³-hybridized carbons (Fsp3) is 0.500. The molecule has 0 heterocycles. The molecule has 1 unspecified atom stereocenters. The van der Waals surface area contributed by atoms with E-state index in [0.717, 1.165) is 6.42 Å². The minimum Gasteiger partial charge on any atom is -0.396 e. The molecule has 3 N–H and O–H groups in total. The average Bonchev–Trinajstić information content (AvgIpc) is 2.37. The van der Waals surface area contributed by atoms with Crippen molar-refractivity contribution in [2.75, 3.05) is 19.0 Å². The summed E-state index contributed by atoms with van der Waals surface area (Å²) in [4.78, 5) is 0.239. The van der Waals surface area contributed by atoms with Crippen molar-refractivity contribution in [2.45, 2.75) is 30.7 Å². The molecule has 0 amide bonds. The predicted octanol–water partition coefficient (Wildman–Crippen LogP) is 1.17. The summed E-state index contributed by atoms with van der Waals surface area (Å²) >= 11 is 0. The Morgan fingerprint density at radius 3 is 2.61 bits per heavy atom. The lowest BCUT2D eigenvalue weighted by molar-refractivity contribution is 0.282. The van der Waals surface area contributed by atoms with E-state index in [9.17, 15) is 8.42 Å². The lowest BCUT2D eigenvalue weighted by Crippen LogP contribution is -2.22. The van der Waals surface area contributed by atoms with Gasteiger partial charge in [0, 0.05) is 12.6 Å². The van der Waals surface area contributed by atoms with E-state index >= 15 is 0 Å². The van der Waals surface area contributed by atoms with Crippen molar-refractivity contribution in [1.29, 1.82) is 0 Å². The van der Waals surface area contributed by atoms with E-state index in [2.05, 4.69) is 10.0 Å². The average molecular weight is 272 g/mol. The molecule has 1 aromatic carbocycles. The molecule has 6 heteroatoms. The third-order valence-electron chi connectivity index (χ3n) is 2.64. The fourth-order valence-corrected chi connectivity index (χ4v) is 2.56. The van der Waals surface area contributed by atoms with E-state index in [0.29, 0.717) is 12.1 Å². The van der Waals surface area contributed by atoms with Crippen LogP contribution in [0.4, 0.5) is 5.69 Å². The molecule has 0 spiro atoms. The molecule has 0 aliphatic heterocycles. The summed E-state index contributed by atoms with van der Waals surface area (Å²) in [6.45, 7) is 2.10. The molecule has 0 aromatic heterocycles. The van der Waals surface area contributed by atoms with Gasteiger partial charge in [0.15, 0.2) is 0 Å². The number of anilines is 1. The van der Waals surface area contributed by atoms with Crippen molar-refractivity contribution in [2.24, 2.45) is 0 Å². The van der Waals surface area contributed by atoms with Gasteiger partial charge < -0.3 is 10.4 Å². The summed E-state index contributed by atoms with van der Waals surface area (Å²) in [7, 11) is -2.07. The number of benzene rings is 1. The van der Waals surface area contributed by atoms with E-state index in [1.807, 2.05) is 6.92 Å². The fourth-order valence-electron chi connectivity index (χ4n) is 1.67. The topological polar surface area (TPSA) is 78.4 Å². The number of rotatable bonds is 7. The maximum absolute atomic E-state index is 11.8. The summed E-state index contributed by atoms with van der Waals surface area (Å²) in [5, 5.41) is 11.9. The number of hydrogen-bond acceptors (Lipinski definition) is 4. The van der Waals surface area contributed by atoms with Crippen LogP contribution in [0.5, 0.6) is 0 Å². The third kappa shape index (κ3) is 3.97. The molecule has 0 saturated heterocycles. The Kier molecular flexibility index (Phi) is 5.58. The zero-order chi connectivity index (χ0) is 13.6. The Balaban J connectivity index is 2.90. The molecule has 0 saturated carbocycles. The van der Waals surface area contributed by atoms with Crippen molar-refractivity contribution < 1.29 is 13.5 Å². The highest BCUT2D eigenvalue weighted by Crippen LogP contribution is 2.21. The lowest BCUT2D eigenvalue weighted by atomic mass is 10.2. The molecule has 5 nitrogen and oxygen atoms in total. The molecule has 0 radical (unpaired) electrons. The van der Waals surface area contributed by atoms with Crippen molar-refractivity contribution in [3.8, 4) is 0 Å². The Morgan fingerprint density at radius 2 is 2.00 bits per heavy atom. The SMILES string of the molecule is CNS(=O)(=O)c1ccccc1NC(C)CCCO. The third-order valence-corrected chi connectivity index (χ3v) is 4.11. The molecule has 0 aliphatic rings. The van der Waals surface area contributed by atoms with E-state index in [1.165, 1.54) is 7.05 Å². The van der Waals surface area contributed by atoms with E-state index in [-0.39, 0.29) is 17.5 Å². The van der Waals surface area contributed by atoms with Crippen LogP contribution in [0, 0.1) is 0 Å². The predicted molar refractivity (Wildman–Crippen MR) is 72.1 cm³/mol. The Labute approximate surface area is 108 Å². The van der Waals surface area contributed by atoms with Crippen molar-refractivity contribution in [3.05, 3.63) is 24.3 Å². The first-order valence-electron chi connectivity index (χ1n) is 5.91. The smallest absolute Gasteiger partial charge is 0.242 e. The second-order valence-corrected chi connectivity index (χ2v) is 5.97. The second-order valence-electron chi connectivity index (χ2n) is 4.11. The molecule has 102 valence electrons. The standard InChI is InChI=1S/C12H20N2O3S/c1-10(6-5-9-15)14-11-7-3-4-8-12(11)18(16,17)13-2/h3-4,7-8,10,13-15H,5-6,9H2,1-2H3. The van der Waals surface area contributed by atoms with Gasteiger partial charge in [-0.05, 0) is 38.9 Å². The zero-order valence-electron chi connectivity index (χ0n) is 10.7. The highest BCUT2D eigenvalue weighted by molar-refractivity contribution is 7.89. The molecule has 0 bridgehead atoms. The number of aliphatic hydroxyl groups is 1. The number of nitrogens with one attached hydrogen (secondary N) is 2. The Morgan fingerprint density at radius 1 is 1.33 bits per heavy atom. The second kappa shape index (κ2) is 6.72. The summed E-state index contributed by atoms with van der Waals surface area (Å²) in [5.41, 5.74) is 0.581. The van der Waals surface area contributed by atoms with Gasteiger partial charge in [-0.2, -0.15) is 0 Å². The Bertz CT molecular complexity index is 474. The highest BCUT2D eigenvalue weighted by atomic mass is 32.2. The summed E-state index contributed by atoms with van der Waals surface area (Å²) < 4.78 is 26.0. The van der Waals surface area contributed by atoms with Crippen LogP contribution in [0.25, 0.3) is 0 Å². The van der Waals surface area contributed by atoms with Crippen LogP contribution in [0.2, 0.25) is 0 Å².